The number of imidazole rings is 1. The summed E-state index contributed by atoms with van der Waals surface area (Å²) >= 11 is 1.46. The lowest BCUT2D eigenvalue weighted by atomic mass is 10.2. The Morgan fingerprint density at radius 3 is 2.47 bits per heavy atom. The number of hydrazine groups is 1. The van der Waals surface area contributed by atoms with E-state index in [-0.39, 0.29) is 5.69 Å². The second kappa shape index (κ2) is 8.52. The van der Waals surface area contributed by atoms with Crippen LogP contribution in [-0.4, -0.2) is 38.3 Å². The fraction of sp³-hybridized carbons (Fsp3) is 0.143. The van der Waals surface area contributed by atoms with Crippen LogP contribution < -0.4 is 16.0 Å². The summed E-state index contributed by atoms with van der Waals surface area (Å²) in [5.74, 6) is 6.03. The van der Waals surface area contributed by atoms with Crippen molar-refractivity contribution in [2.45, 2.75) is 12.1 Å². The summed E-state index contributed by atoms with van der Waals surface area (Å²) in [7, 11) is 0. The first-order valence-electron chi connectivity index (χ1n) is 9.30. The third-order valence-corrected chi connectivity index (χ3v) is 5.08. The highest BCUT2D eigenvalue weighted by Gasteiger charge is 2.22. The Balaban J connectivity index is 1.97. The number of fused-ring (bicyclic) bond motifs is 1. The Morgan fingerprint density at radius 1 is 1.10 bits per heavy atom. The van der Waals surface area contributed by atoms with Gasteiger partial charge >= 0.3 is 0 Å². The summed E-state index contributed by atoms with van der Waals surface area (Å²) in [6, 6.07) is 17.1. The van der Waals surface area contributed by atoms with E-state index in [2.05, 4.69) is 15.4 Å². The number of nitrogens with one attached hydrogen (secondary N) is 1. The number of benzene rings is 2. The van der Waals surface area contributed by atoms with Crippen molar-refractivity contribution in [2.75, 3.05) is 12.9 Å². The third kappa shape index (κ3) is 3.60. The summed E-state index contributed by atoms with van der Waals surface area (Å²) in [5.41, 5.74) is 4.84. The maximum Gasteiger partial charge on any atom is 0.286 e. The molecule has 0 aliphatic rings. The molecule has 2 aromatic carbocycles. The molecule has 152 valence electrons. The molecule has 2 aromatic heterocycles. The molecular weight excluding hydrogens is 400 g/mol. The number of rotatable bonds is 6. The van der Waals surface area contributed by atoms with E-state index in [1.807, 2.05) is 72.3 Å². The zero-order chi connectivity index (χ0) is 21.1. The Bertz CT molecular complexity index is 1190. The molecule has 0 unspecified atom stereocenters. The lowest BCUT2D eigenvalue weighted by Gasteiger charge is -2.09. The van der Waals surface area contributed by atoms with E-state index in [9.17, 15) is 4.79 Å². The van der Waals surface area contributed by atoms with Crippen LogP contribution in [-0.2, 0) is 0 Å². The van der Waals surface area contributed by atoms with Crippen molar-refractivity contribution in [1.29, 1.82) is 0 Å². The monoisotopic (exact) mass is 420 g/mol. The number of nitrogens with zero attached hydrogens (tertiary/aromatic N) is 4. The van der Waals surface area contributed by atoms with E-state index >= 15 is 0 Å². The minimum absolute atomic E-state index is 0.122. The average Bonchev–Trinajstić information content (AvgIpc) is 3.18. The molecule has 0 spiro atoms. The number of hydrogen-bond acceptors (Lipinski definition) is 7. The number of thioether (sulfide) groups is 1. The Labute approximate surface area is 177 Å². The minimum Gasteiger partial charge on any atom is -0.494 e. The summed E-state index contributed by atoms with van der Waals surface area (Å²) in [6.45, 7) is 2.51. The van der Waals surface area contributed by atoms with E-state index in [1.54, 1.807) is 0 Å². The van der Waals surface area contributed by atoms with Crippen LogP contribution in [0.5, 0.6) is 5.75 Å². The smallest absolute Gasteiger partial charge is 0.286 e. The van der Waals surface area contributed by atoms with Crippen molar-refractivity contribution < 1.29 is 9.53 Å². The highest BCUT2D eigenvalue weighted by Crippen LogP contribution is 2.29. The Hall–Kier alpha value is -3.43. The van der Waals surface area contributed by atoms with Gasteiger partial charge in [0.25, 0.3) is 5.91 Å². The molecule has 0 aliphatic carbocycles. The van der Waals surface area contributed by atoms with Crippen LogP contribution >= 0.6 is 11.8 Å². The van der Waals surface area contributed by atoms with Gasteiger partial charge in [0.1, 0.15) is 11.3 Å². The number of nitrogens with two attached hydrogens (primary N) is 1. The molecule has 0 aliphatic heterocycles. The molecule has 0 radical (unpaired) electrons. The van der Waals surface area contributed by atoms with E-state index in [0.29, 0.717) is 28.8 Å². The van der Waals surface area contributed by atoms with Crippen molar-refractivity contribution in [1.82, 2.24) is 24.9 Å². The largest absolute Gasteiger partial charge is 0.494 e. The first-order chi connectivity index (χ1) is 14.7. The molecule has 3 N–H and O–H groups in total. The van der Waals surface area contributed by atoms with E-state index < -0.39 is 5.91 Å². The zero-order valence-corrected chi connectivity index (χ0v) is 17.3. The van der Waals surface area contributed by atoms with Gasteiger partial charge in [-0.2, -0.15) is 0 Å². The number of ether oxygens (including phenoxy) is 1. The van der Waals surface area contributed by atoms with Crippen LogP contribution in [0.1, 0.15) is 17.4 Å². The predicted octanol–water partition coefficient (Wildman–Crippen LogP) is 3.21. The topological polar surface area (TPSA) is 108 Å². The molecule has 4 aromatic rings. The quantitative estimate of drug-likeness (QED) is 0.213. The summed E-state index contributed by atoms with van der Waals surface area (Å²) < 4.78 is 7.41. The van der Waals surface area contributed by atoms with E-state index in [4.69, 9.17) is 15.6 Å². The van der Waals surface area contributed by atoms with Gasteiger partial charge in [-0.3, -0.25) is 14.8 Å². The van der Waals surface area contributed by atoms with Crippen LogP contribution in [0.15, 0.2) is 59.8 Å². The van der Waals surface area contributed by atoms with Crippen LogP contribution in [0.4, 0.5) is 0 Å². The van der Waals surface area contributed by atoms with Crippen molar-refractivity contribution in [2.24, 2.45) is 5.84 Å². The van der Waals surface area contributed by atoms with Crippen molar-refractivity contribution in [3.63, 3.8) is 0 Å². The van der Waals surface area contributed by atoms with Gasteiger partial charge in [-0.15, -0.1) is 0 Å². The molecule has 30 heavy (non-hydrogen) atoms. The second-order valence-electron chi connectivity index (χ2n) is 6.27. The van der Waals surface area contributed by atoms with Crippen molar-refractivity contribution in [3.05, 3.63) is 60.3 Å². The van der Waals surface area contributed by atoms with Gasteiger partial charge in [0.2, 0.25) is 0 Å². The average molecular weight is 420 g/mol. The van der Waals surface area contributed by atoms with E-state index in [0.717, 1.165) is 17.0 Å². The lowest BCUT2D eigenvalue weighted by molar-refractivity contribution is 0.0950. The Kier molecular flexibility index (Phi) is 5.64. The molecule has 1 amide bonds. The molecule has 0 fully saturated rings. The number of carbonyl (C=O) groups excluding carboxylic acids is 1. The molecular formula is C21H20N6O2S. The molecule has 9 heteroatoms. The number of hydrogen-bond donors (Lipinski definition) is 2. The van der Waals surface area contributed by atoms with Gasteiger partial charge in [-0.05, 0) is 49.6 Å². The predicted molar refractivity (Wildman–Crippen MR) is 117 cm³/mol. The van der Waals surface area contributed by atoms with Gasteiger partial charge in [0.05, 0.1) is 6.61 Å². The molecule has 4 rings (SSSR count). The number of carbonyl (C=O) groups is 1. The molecule has 0 saturated carbocycles. The highest BCUT2D eigenvalue weighted by atomic mass is 32.2. The molecule has 0 saturated heterocycles. The molecule has 2 heterocycles. The van der Waals surface area contributed by atoms with Crippen LogP contribution in [0.3, 0.4) is 0 Å². The molecule has 0 atom stereocenters. The fourth-order valence-corrected chi connectivity index (χ4v) is 3.66. The number of para-hydroxylation sites is 1. The van der Waals surface area contributed by atoms with Gasteiger partial charge in [-0.25, -0.2) is 20.8 Å². The first kappa shape index (κ1) is 19.9. The number of amides is 1. The minimum atomic E-state index is -0.528. The second-order valence-corrected chi connectivity index (χ2v) is 7.04. The summed E-state index contributed by atoms with van der Waals surface area (Å²) in [6.07, 6.45) is 1.92. The SMILES string of the molecule is CCOc1ccc(-c2nc(C(=O)NN)c3nc(SC)n(-c4ccccc4)c3n2)cc1. The normalized spacial score (nSPS) is 10.9. The lowest BCUT2D eigenvalue weighted by Crippen LogP contribution is -2.31. The molecule has 8 nitrogen and oxygen atoms in total. The summed E-state index contributed by atoms with van der Waals surface area (Å²) in [4.78, 5) is 26.3. The summed E-state index contributed by atoms with van der Waals surface area (Å²) in [5, 5.41) is 0.695. The number of nitrogen functional groups attached to an aromatic ring is 1. The van der Waals surface area contributed by atoms with E-state index in [1.165, 1.54) is 11.8 Å². The Morgan fingerprint density at radius 2 is 1.83 bits per heavy atom. The van der Waals surface area contributed by atoms with Crippen molar-refractivity contribution in [3.8, 4) is 22.8 Å². The maximum atomic E-state index is 12.5. The van der Waals surface area contributed by atoms with Gasteiger partial charge in [0.15, 0.2) is 22.3 Å². The zero-order valence-electron chi connectivity index (χ0n) is 16.5. The van der Waals surface area contributed by atoms with Gasteiger partial charge in [-0.1, -0.05) is 30.0 Å². The number of aromatic nitrogens is 4. The van der Waals surface area contributed by atoms with Gasteiger partial charge in [0, 0.05) is 11.3 Å². The maximum absolute atomic E-state index is 12.5. The highest BCUT2D eigenvalue weighted by molar-refractivity contribution is 7.98. The third-order valence-electron chi connectivity index (χ3n) is 4.44. The van der Waals surface area contributed by atoms with Crippen molar-refractivity contribution >= 4 is 28.8 Å². The molecule has 0 bridgehead atoms. The fourth-order valence-electron chi connectivity index (χ4n) is 3.11. The van der Waals surface area contributed by atoms with Crippen LogP contribution in [0.2, 0.25) is 0 Å². The van der Waals surface area contributed by atoms with Crippen LogP contribution in [0, 0.1) is 0 Å². The van der Waals surface area contributed by atoms with Crippen LogP contribution in [0.25, 0.3) is 28.2 Å². The van der Waals surface area contributed by atoms with Gasteiger partial charge < -0.3 is 4.74 Å². The first-order valence-corrected chi connectivity index (χ1v) is 10.5. The standard InChI is InChI=1S/C21H20N6O2S/c1-3-29-15-11-9-13(10-12-15)18-23-17(20(28)26-22)16-19(25-18)27(21(24-16)30-2)14-7-5-4-6-8-14/h4-12H,3,22H2,1-2H3,(H,26,28).